The van der Waals surface area contributed by atoms with E-state index in [1.165, 1.54) is 37.8 Å². The highest BCUT2D eigenvalue weighted by molar-refractivity contribution is 6.27. The van der Waals surface area contributed by atoms with Gasteiger partial charge >= 0.3 is 11.9 Å². The molecule has 0 heterocycles. The van der Waals surface area contributed by atoms with Gasteiger partial charge in [0.05, 0.1) is 0 Å². The van der Waals surface area contributed by atoms with Crippen molar-refractivity contribution in [2.24, 2.45) is 0 Å². The molecule has 0 bridgehead atoms. The molecule has 0 atom stereocenters. The van der Waals surface area contributed by atoms with Crippen molar-refractivity contribution in [2.75, 3.05) is 0 Å². The lowest BCUT2D eigenvalue weighted by Crippen LogP contribution is -2.05. The average molecular weight is 611 g/mol. The minimum absolute atomic E-state index is 0.343. The van der Waals surface area contributed by atoms with Crippen LogP contribution in [0.4, 0.5) is 0 Å². The highest BCUT2D eigenvalue weighted by atomic mass is 16.5. The zero-order valence-electron chi connectivity index (χ0n) is 27.4. The van der Waals surface area contributed by atoms with Gasteiger partial charge in [-0.2, -0.15) is 0 Å². The maximum absolute atomic E-state index is 12.5. The van der Waals surface area contributed by atoms with Crippen LogP contribution in [0.15, 0.2) is 84.9 Å². The van der Waals surface area contributed by atoms with Gasteiger partial charge in [-0.15, -0.1) is 0 Å². The summed E-state index contributed by atoms with van der Waals surface area (Å²) in [5, 5.41) is 7.71. The lowest BCUT2D eigenvalue weighted by molar-refractivity contribution is -0.132. The Bertz CT molecular complexity index is 1940. The molecular formula is C42H42O4. The van der Waals surface area contributed by atoms with E-state index in [4.69, 9.17) is 9.47 Å². The van der Waals surface area contributed by atoms with Crippen molar-refractivity contribution in [3.63, 3.8) is 0 Å². The molecule has 0 saturated heterocycles. The molecule has 6 aromatic rings. The second-order valence-corrected chi connectivity index (χ2v) is 12.4. The molecule has 0 saturated carbocycles. The Hall–Kier alpha value is -4.70. The number of aryl methyl sites for hydroxylation is 2. The number of unbranched alkanes of at least 4 members (excludes halogenated alkanes) is 4. The van der Waals surface area contributed by atoms with Crippen LogP contribution in [0.3, 0.4) is 0 Å². The first-order valence-electron chi connectivity index (χ1n) is 16.7. The summed E-state index contributed by atoms with van der Waals surface area (Å²) in [5.74, 6) is 0.494. The number of rotatable bonds is 11. The molecule has 0 N–H and O–H groups in total. The molecule has 0 aliphatic heterocycles. The van der Waals surface area contributed by atoms with Crippen molar-refractivity contribution < 1.29 is 19.1 Å². The Morgan fingerprint density at radius 2 is 0.848 bits per heavy atom. The van der Waals surface area contributed by atoms with Crippen LogP contribution in [0.25, 0.3) is 54.2 Å². The normalized spacial score (nSPS) is 11.5. The lowest BCUT2D eigenvalue weighted by atomic mass is 9.84. The molecule has 0 spiro atoms. The van der Waals surface area contributed by atoms with E-state index in [0.29, 0.717) is 11.5 Å². The van der Waals surface area contributed by atoms with Gasteiger partial charge in [0, 0.05) is 35.4 Å². The Labute approximate surface area is 271 Å². The molecule has 0 aliphatic carbocycles. The van der Waals surface area contributed by atoms with E-state index in [1.807, 2.05) is 36.4 Å². The minimum atomic E-state index is -0.343. The standard InChI is InChI=1S/C42H42O4/c1-5-7-9-15-29-21-23-35-37(25-29)39(31-17-11-13-19-33(31)41(35)45-27(3)43)40-32-18-12-14-20-34(32)42(46-28(4)44)36-24-22-30(26-38(36)40)16-10-8-6-2/h11-14,17-26H,5-10,15-16H2,1-4H3. The van der Waals surface area contributed by atoms with Crippen LogP contribution in [0.1, 0.15) is 77.3 Å². The lowest BCUT2D eigenvalue weighted by Gasteiger charge is -2.22. The van der Waals surface area contributed by atoms with Crippen LogP contribution in [0.2, 0.25) is 0 Å². The summed E-state index contributed by atoms with van der Waals surface area (Å²) in [6.07, 6.45) is 8.86. The van der Waals surface area contributed by atoms with Crippen LogP contribution >= 0.6 is 0 Å². The topological polar surface area (TPSA) is 52.6 Å². The maximum Gasteiger partial charge on any atom is 0.308 e. The number of carbonyl (C=O) groups is 2. The first-order chi connectivity index (χ1) is 22.4. The van der Waals surface area contributed by atoms with E-state index in [9.17, 15) is 9.59 Å². The van der Waals surface area contributed by atoms with Gasteiger partial charge in [0.1, 0.15) is 11.5 Å². The quantitative estimate of drug-likeness (QED) is 0.0634. The predicted octanol–water partition coefficient (Wildman–Crippen LogP) is 11.3. The van der Waals surface area contributed by atoms with Crippen molar-refractivity contribution in [2.45, 2.75) is 79.1 Å². The molecule has 0 unspecified atom stereocenters. The largest absolute Gasteiger partial charge is 0.425 e. The molecule has 0 fully saturated rings. The predicted molar refractivity (Wildman–Crippen MR) is 191 cm³/mol. The van der Waals surface area contributed by atoms with Gasteiger partial charge in [-0.3, -0.25) is 9.59 Å². The third-order valence-electron chi connectivity index (χ3n) is 8.96. The zero-order valence-corrected chi connectivity index (χ0v) is 27.4. The van der Waals surface area contributed by atoms with E-state index in [0.717, 1.165) is 92.7 Å². The Morgan fingerprint density at radius 3 is 1.22 bits per heavy atom. The van der Waals surface area contributed by atoms with Gasteiger partial charge in [0.15, 0.2) is 0 Å². The first kappa shape index (κ1) is 31.3. The van der Waals surface area contributed by atoms with Gasteiger partial charge in [0.2, 0.25) is 0 Å². The summed E-state index contributed by atoms with van der Waals surface area (Å²) in [6.45, 7) is 7.37. The van der Waals surface area contributed by atoms with Crippen molar-refractivity contribution in [3.05, 3.63) is 96.1 Å². The van der Waals surface area contributed by atoms with E-state index < -0.39 is 0 Å². The Kier molecular flexibility index (Phi) is 9.35. The van der Waals surface area contributed by atoms with Crippen LogP contribution in [-0.4, -0.2) is 11.9 Å². The van der Waals surface area contributed by atoms with Crippen molar-refractivity contribution in [1.29, 1.82) is 0 Å². The van der Waals surface area contributed by atoms with Crippen LogP contribution in [0.5, 0.6) is 11.5 Å². The number of benzene rings is 6. The molecule has 4 heteroatoms. The van der Waals surface area contributed by atoms with Gasteiger partial charge in [-0.25, -0.2) is 0 Å². The SMILES string of the molecule is CCCCCc1ccc2c(OC(C)=O)c3ccccc3c(-c3c4ccccc4c(OC(C)=O)c4ccc(CCCCC)cc34)c2c1. The fourth-order valence-electron chi connectivity index (χ4n) is 6.89. The monoisotopic (exact) mass is 610 g/mol. The number of ether oxygens (including phenoxy) is 2. The van der Waals surface area contributed by atoms with Crippen LogP contribution < -0.4 is 9.47 Å². The van der Waals surface area contributed by atoms with E-state index >= 15 is 0 Å². The zero-order chi connectivity index (χ0) is 32.2. The highest BCUT2D eigenvalue weighted by Gasteiger charge is 2.24. The minimum Gasteiger partial charge on any atom is -0.425 e. The number of hydrogen-bond donors (Lipinski definition) is 0. The number of hydrogen-bond acceptors (Lipinski definition) is 4. The summed E-state index contributed by atoms with van der Waals surface area (Å²) in [6, 6.07) is 29.6. The maximum atomic E-state index is 12.5. The molecule has 0 radical (unpaired) electrons. The number of fused-ring (bicyclic) bond motifs is 4. The van der Waals surface area contributed by atoms with Crippen molar-refractivity contribution >= 4 is 55.0 Å². The molecule has 6 aromatic carbocycles. The van der Waals surface area contributed by atoms with E-state index in [-0.39, 0.29) is 11.9 Å². The Balaban J connectivity index is 1.79. The van der Waals surface area contributed by atoms with Gasteiger partial charge in [0.25, 0.3) is 0 Å². The third kappa shape index (κ3) is 6.09. The third-order valence-corrected chi connectivity index (χ3v) is 8.96. The second kappa shape index (κ2) is 13.7. The molecule has 0 amide bonds. The average Bonchev–Trinajstić information content (AvgIpc) is 3.05. The molecule has 4 nitrogen and oxygen atoms in total. The smallest absolute Gasteiger partial charge is 0.308 e. The van der Waals surface area contributed by atoms with E-state index in [2.05, 4.69) is 62.4 Å². The fraction of sp³-hybridized carbons (Fsp3) is 0.286. The van der Waals surface area contributed by atoms with Gasteiger partial charge in [-0.05, 0) is 69.5 Å². The van der Waals surface area contributed by atoms with Crippen LogP contribution in [-0.2, 0) is 22.4 Å². The molecule has 0 aliphatic rings. The van der Waals surface area contributed by atoms with Crippen LogP contribution in [0, 0.1) is 0 Å². The summed E-state index contributed by atoms with van der Waals surface area (Å²) in [5.41, 5.74) is 4.72. The van der Waals surface area contributed by atoms with Crippen molar-refractivity contribution in [3.8, 4) is 22.6 Å². The molecule has 6 rings (SSSR count). The molecular weight excluding hydrogens is 568 g/mol. The Morgan fingerprint density at radius 1 is 0.478 bits per heavy atom. The molecule has 234 valence electrons. The van der Waals surface area contributed by atoms with Gasteiger partial charge in [-0.1, -0.05) is 124 Å². The summed E-state index contributed by atoms with van der Waals surface area (Å²) in [4.78, 5) is 24.9. The number of esters is 2. The van der Waals surface area contributed by atoms with Crippen molar-refractivity contribution in [1.82, 2.24) is 0 Å². The summed E-state index contributed by atoms with van der Waals surface area (Å²) < 4.78 is 12.0. The summed E-state index contributed by atoms with van der Waals surface area (Å²) in [7, 11) is 0. The van der Waals surface area contributed by atoms with E-state index in [1.54, 1.807) is 0 Å². The number of carbonyl (C=O) groups excluding carboxylic acids is 2. The molecule has 0 aromatic heterocycles. The first-order valence-corrected chi connectivity index (χ1v) is 16.7. The second-order valence-electron chi connectivity index (χ2n) is 12.4. The highest BCUT2D eigenvalue weighted by Crippen LogP contribution is 2.50. The summed E-state index contributed by atoms with van der Waals surface area (Å²) >= 11 is 0. The van der Waals surface area contributed by atoms with Gasteiger partial charge < -0.3 is 9.47 Å². The molecule has 46 heavy (non-hydrogen) atoms. The fourth-order valence-corrected chi connectivity index (χ4v) is 6.89.